The first-order valence-electron chi connectivity index (χ1n) is 3.71. The third-order valence-electron chi connectivity index (χ3n) is 1.21. The van der Waals surface area contributed by atoms with Crippen LogP contribution in [-0.2, 0) is 0 Å². The summed E-state index contributed by atoms with van der Waals surface area (Å²) in [4.78, 5) is 23.6. The molecule has 0 bridgehead atoms. The number of aromatic nitrogens is 4. The maximum absolute atomic E-state index is 10.1. The van der Waals surface area contributed by atoms with Crippen LogP contribution in [0.25, 0.3) is 0 Å². The van der Waals surface area contributed by atoms with E-state index in [0.717, 1.165) is 0 Å². The molecule has 2 heterocycles. The van der Waals surface area contributed by atoms with Crippen molar-refractivity contribution in [3.05, 3.63) is 43.0 Å². The van der Waals surface area contributed by atoms with E-state index in [-0.39, 0.29) is 5.56 Å². The summed E-state index contributed by atoms with van der Waals surface area (Å²) in [5.74, 6) is -1.00. The molecule has 0 atom stereocenters. The van der Waals surface area contributed by atoms with E-state index in [9.17, 15) is 4.79 Å². The lowest BCUT2D eigenvalue weighted by molar-refractivity contribution is 0.0696. The first kappa shape index (κ1) is 9.85. The Morgan fingerprint density at radius 1 is 1.29 bits per heavy atom. The number of nitrogens with one attached hydrogen (secondary N) is 1. The van der Waals surface area contributed by atoms with E-state index in [1.165, 1.54) is 18.7 Å². The van der Waals surface area contributed by atoms with Crippen LogP contribution in [0, 0.1) is 0 Å². The fraction of sp³-hybridized carbons (Fsp3) is 0. The molecule has 0 aliphatic rings. The van der Waals surface area contributed by atoms with Crippen molar-refractivity contribution in [1.82, 2.24) is 19.9 Å². The van der Waals surface area contributed by atoms with Crippen molar-refractivity contribution in [2.75, 3.05) is 0 Å². The molecule has 0 spiro atoms. The zero-order chi connectivity index (χ0) is 10.2. The van der Waals surface area contributed by atoms with Crippen LogP contribution in [0.15, 0.2) is 37.4 Å². The van der Waals surface area contributed by atoms with Gasteiger partial charge < -0.3 is 10.1 Å². The van der Waals surface area contributed by atoms with Gasteiger partial charge in [0.25, 0.3) is 0 Å². The molecule has 2 N–H and O–H groups in total. The van der Waals surface area contributed by atoms with E-state index in [1.807, 2.05) is 0 Å². The van der Waals surface area contributed by atoms with Crippen molar-refractivity contribution in [3.63, 3.8) is 0 Å². The topological polar surface area (TPSA) is 91.8 Å². The van der Waals surface area contributed by atoms with Gasteiger partial charge in [-0.15, -0.1) is 0 Å². The third kappa shape index (κ3) is 3.44. The number of H-pyrrole nitrogens is 1. The number of imidazole rings is 1. The van der Waals surface area contributed by atoms with E-state index in [4.69, 9.17) is 5.11 Å². The molecule has 6 heteroatoms. The standard InChI is InChI=1S/C5H4N2O2.C3H4N2/c8-5(9)4-1-6-3-7-2-4;1-2-5-3-4-1/h1-3H,(H,8,9);1-3H,(H,4,5). The highest BCUT2D eigenvalue weighted by Gasteiger charge is 1.98. The molecule has 2 rings (SSSR count). The summed E-state index contributed by atoms with van der Waals surface area (Å²) in [6, 6.07) is 0. The van der Waals surface area contributed by atoms with E-state index in [2.05, 4.69) is 19.9 Å². The maximum atomic E-state index is 10.1. The second-order valence-electron chi connectivity index (χ2n) is 2.19. The zero-order valence-electron chi connectivity index (χ0n) is 7.16. The predicted octanol–water partition coefficient (Wildman–Crippen LogP) is 0.584. The Labute approximate surface area is 79.7 Å². The quantitative estimate of drug-likeness (QED) is 0.689. The summed E-state index contributed by atoms with van der Waals surface area (Å²) in [5, 5.41) is 8.30. The fourth-order valence-corrected chi connectivity index (χ4v) is 0.625. The second kappa shape index (κ2) is 5.41. The molecule has 0 aliphatic carbocycles. The van der Waals surface area contributed by atoms with Crippen LogP contribution >= 0.6 is 0 Å². The molecule has 0 amide bonds. The molecule has 2 aromatic heterocycles. The molecule has 6 nitrogen and oxygen atoms in total. The number of aromatic amines is 1. The van der Waals surface area contributed by atoms with Crippen molar-refractivity contribution in [2.45, 2.75) is 0 Å². The number of hydrogen-bond acceptors (Lipinski definition) is 4. The molecule has 0 saturated carbocycles. The molecule has 0 radical (unpaired) electrons. The highest BCUT2D eigenvalue weighted by atomic mass is 16.4. The van der Waals surface area contributed by atoms with Gasteiger partial charge in [-0.25, -0.2) is 19.7 Å². The fourth-order valence-electron chi connectivity index (χ4n) is 0.625. The summed E-state index contributed by atoms with van der Waals surface area (Å²) in [6.07, 6.45) is 8.86. The SMILES string of the molecule is O=C(O)c1cncnc1.c1c[nH]cn1. The number of aromatic carboxylic acids is 1. The largest absolute Gasteiger partial charge is 0.478 e. The monoisotopic (exact) mass is 192 g/mol. The Morgan fingerprint density at radius 2 is 2.00 bits per heavy atom. The number of hydrogen-bond donors (Lipinski definition) is 2. The number of carboxylic acids is 1. The molecule has 0 fully saturated rings. The van der Waals surface area contributed by atoms with Gasteiger partial charge in [0.1, 0.15) is 6.33 Å². The molecular weight excluding hydrogens is 184 g/mol. The Bertz CT molecular complexity index is 343. The van der Waals surface area contributed by atoms with Gasteiger partial charge in [-0.2, -0.15) is 0 Å². The van der Waals surface area contributed by atoms with Gasteiger partial charge in [0.2, 0.25) is 0 Å². The summed E-state index contributed by atoms with van der Waals surface area (Å²) in [5.41, 5.74) is 0.109. The van der Waals surface area contributed by atoms with Crippen LogP contribution in [0.1, 0.15) is 10.4 Å². The van der Waals surface area contributed by atoms with Gasteiger partial charge in [0, 0.05) is 24.8 Å². The van der Waals surface area contributed by atoms with E-state index < -0.39 is 5.97 Å². The van der Waals surface area contributed by atoms with Crippen LogP contribution in [0.5, 0.6) is 0 Å². The number of carboxylic acid groups (broad SMARTS) is 1. The van der Waals surface area contributed by atoms with Crippen LogP contribution in [-0.4, -0.2) is 31.0 Å². The highest BCUT2D eigenvalue weighted by Crippen LogP contribution is 1.89. The van der Waals surface area contributed by atoms with Crippen LogP contribution < -0.4 is 0 Å². The maximum Gasteiger partial charge on any atom is 0.338 e. The lowest BCUT2D eigenvalue weighted by Gasteiger charge is -1.86. The number of rotatable bonds is 1. The van der Waals surface area contributed by atoms with Gasteiger partial charge >= 0.3 is 5.97 Å². The predicted molar refractivity (Wildman–Crippen MR) is 47.6 cm³/mol. The van der Waals surface area contributed by atoms with E-state index in [0.29, 0.717) is 0 Å². The minimum absolute atomic E-state index is 0.109. The Balaban J connectivity index is 0.000000165. The minimum atomic E-state index is -1.00. The van der Waals surface area contributed by atoms with Crippen molar-refractivity contribution < 1.29 is 9.90 Å². The molecule has 0 unspecified atom stereocenters. The van der Waals surface area contributed by atoms with Crippen LogP contribution in [0.2, 0.25) is 0 Å². The first-order chi connectivity index (χ1) is 6.80. The first-order valence-corrected chi connectivity index (χ1v) is 3.71. The van der Waals surface area contributed by atoms with Crippen LogP contribution in [0.3, 0.4) is 0 Å². The summed E-state index contributed by atoms with van der Waals surface area (Å²) >= 11 is 0. The molecule has 2 aromatic rings. The molecule has 0 aromatic carbocycles. The summed E-state index contributed by atoms with van der Waals surface area (Å²) in [6.45, 7) is 0. The van der Waals surface area contributed by atoms with Crippen molar-refractivity contribution in [2.24, 2.45) is 0 Å². The van der Waals surface area contributed by atoms with Gasteiger partial charge in [0.15, 0.2) is 0 Å². The van der Waals surface area contributed by atoms with Crippen molar-refractivity contribution in [3.8, 4) is 0 Å². The van der Waals surface area contributed by atoms with E-state index >= 15 is 0 Å². The average molecular weight is 192 g/mol. The van der Waals surface area contributed by atoms with Gasteiger partial charge in [0.05, 0.1) is 11.9 Å². The van der Waals surface area contributed by atoms with Crippen LogP contribution in [0.4, 0.5) is 0 Å². The normalized spacial score (nSPS) is 8.57. The summed E-state index contributed by atoms with van der Waals surface area (Å²) < 4.78 is 0. The lowest BCUT2D eigenvalue weighted by atomic mass is 10.4. The third-order valence-corrected chi connectivity index (χ3v) is 1.21. The number of carbonyl (C=O) groups is 1. The smallest absolute Gasteiger partial charge is 0.338 e. The zero-order valence-corrected chi connectivity index (χ0v) is 7.16. The Kier molecular flexibility index (Phi) is 3.81. The Morgan fingerprint density at radius 3 is 2.29 bits per heavy atom. The molecular formula is C8H8N4O2. The van der Waals surface area contributed by atoms with Gasteiger partial charge in [-0.05, 0) is 0 Å². The average Bonchev–Trinajstić information content (AvgIpc) is 2.77. The lowest BCUT2D eigenvalue weighted by Crippen LogP contribution is -1.96. The molecule has 0 saturated heterocycles. The van der Waals surface area contributed by atoms with E-state index in [1.54, 1.807) is 18.7 Å². The highest BCUT2D eigenvalue weighted by molar-refractivity contribution is 5.86. The minimum Gasteiger partial charge on any atom is -0.478 e. The molecule has 72 valence electrons. The van der Waals surface area contributed by atoms with Gasteiger partial charge in [-0.1, -0.05) is 0 Å². The Hall–Kier alpha value is -2.24. The molecule has 14 heavy (non-hydrogen) atoms. The number of nitrogens with zero attached hydrogens (tertiary/aromatic N) is 3. The second-order valence-corrected chi connectivity index (χ2v) is 2.19. The van der Waals surface area contributed by atoms with Crippen molar-refractivity contribution >= 4 is 5.97 Å². The molecule has 0 aliphatic heterocycles. The van der Waals surface area contributed by atoms with Gasteiger partial charge in [-0.3, -0.25) is 0 Å². The van der Waals surface area contributed by atoms with Crippen molar-refractivity contribution in [1.29, 1.82) is 0 Å². The summed E-state index contributed by atoms with van der Waals surface area (Å²) in [7, 11) is 0.